The number of carbonyl (C=O) groups excluding carboxylic acids is 1. The van der Waals surface area contributed by atoms with Gasteiger partial charge in [-0.3, -0.25) is 14.2 Å². The molecule has 5 heteroatoms. The third-order valence-corrected chi connectivity index (χ3v) is 6.55. The van der Waals surface area contributed by atoms with Crippen molar-refractivity contribution in [3.8, 4) is 5.69 Å². The molecule has 1 aromatic heterocycles. The number of benzene rings is 2. The second kappa shape index (κ2) is 12.0. The lowest BCUT2D eigenvalue weighted by Crippen LogP contribution is -2.38. The number of carbonyl (C=O) groups is 1. The molecule has 1 amide bonds. The van der Waals surface area contributed by atoms with E-state index in [-0.39, 0.29) is 17.5 Å². The monoisotopic (exact) mass is 461 g/mol. The number of hydrogen-bond acceptors (Lipinski definition) is 3. The Labute approximate surface area is 203 Å². The van der Waals surface area contributed by atoms with Gasteiger partial charge in [0.1, 0.15) is 5.82 Å². The van der Waals surface area contributed by atoms with Crippen molar-refractivity contribution in [2.75, 3.05) is 6.54 Å². The largest absolute Gasteiger partial charge is 0.333 e. The molecule has 3 aromatic rings. The summed E-state index contributed by atoms with van der Waals surface area (Å²) in [6, 6.07) is 13.3. The summed E-state index contributed by atoms with van der Waals surface area (Å²) in [4.78, 5) is 34.0. The second-order valence-corrected chi connectivity index (χ2v) is 9.34. The number of aromatic nitrogens is 2. The lowest BCUT2D eigenvalue weighted by molar-refractivity contribution is -0.133. The number of hydrogen-bond donors (Lipinski definition) is 0. The van der Waals surface area contributed by atoms with Gasteiger partial charge >= 0.3 is 0 Å². The molecule has 1 unspecified atom stereocenters. The molecular formula is C29H39N3O2. The van der Waals surface area contributed by atoms with Crippen LogP contribution in [0.25, 0.3) is 16.6 Å². The number of unbranched alkanes of at least 4 members (excludes halogenated alkanes) is 4. The third kappa shape index (κ3) is 5.75. The summed E-state index contributed by atoms with van der Waals surface area (Å²) in [6.45, 7) is 11.1. The molecule has 0 saturated carbocycles. The van der Waals surface area contributed by atoms with Crippen LogP contribution in [0.4, 0.5) is 0 Å². The van der Waals surface area contributed by atoms with Crippen LogP contribution in [-0.2, 0) is 4.79 Å². The first-order valence-corrected chi connectivity index (χ1v) is 12.8. The highest BCUT2D eigenvalue weighted by molar-refractivity contribution is 5.79. The number of aryl methyl sites for hydroxylation is 2. The maximum Gasteiger partial charge on any atom is 0.266 e. The summed E-state index contributed by atoms with van der Waals surface area (Å²) >= 11 is 0. The van der Waals surface area contributed by atoms with Crippen LogP contribution >= 0.6 is 0 Å². The zero-order chi connectivity index (χ0) is 24.7. The van der Waals surface area contributed by atoms with E-state index in [0.29, 0.717) is 29.7 Å². The maximum atomic E-state index is 13.8. The second-order valence-electron chi connectivity index (χ2n) is 9.34. The zero-order valence-electron chi connectivity index (χ0n) is 21.4. The Kier molecular flexibility index (Phi) is 9.03. The molecule has 34 heavy (non-hydrogen) atoms. The quantitative estimate of drug-likeness (QED) is 0.300. The number of amides is 1. The molecule has 0 aliphatic rings. The van der Waals surface area contributed by atoms with E-state index in [0.717, 1.165) is 55.3 Å². The van der Waals surface area contributed by atoms with Gasteiger partial charge in [0.2, 0.25) is 5.91 Å². The highest BCUT2D eigenvalue weighted by Crippen LogP contribution is 2.26. The molecule has 2 aromatic carbocycles. The molecular weight excluding hydrogens is 422 g/mol. The Balaban J connectivity index is 2.15. The highest BCUT2D eigenvalue weighted by atomic mass is 16.2. The average molecular weight is 462 g/mol. The van der Waals surface area contributed by atoms with Crippen LogP contribution in [0.15, 0.2) is 47.3 Å². The van der Waals surface area contributed by atoms with E-state index in [9.17, 15) is 9.59 Å². The van der Waals surface area contributed by atoms with Crippen molar-refractivity contribution in [2.45, 2.75) is 85.6 Å². The smallest absolute Gasteiger partial charge is 0.266 e. The minimum Gasteiger partial charge on any atom is -0.333 e. The average Bonchev–Trinajstić information content (AvgIpc) is 2.82. The summed E-state index contributed by atoms with van der Waals surface area (Å²) in [6.07, 6.45) is 6.66. The van der Waals surface area contributed by atoms with Crippen LogP contribution in [0.3, 0.4) is 0 Å². The van der Waals surface area contributed by atoms with E-state index in [2.05, 4.69) is 19.9 Å². The van der Waals surface area contributed by atoms with Gasteiger partial charge in [-0.25, -0.2) is 4.98 Å². The van der Waals surface area contributed by atoms with Gasteiger partial charge in [-0.15, -0.1) is 0 Å². The first-order chi connectivity index (χ1) is 16.4. The van der Waals surface area contributed by atoms with Crippen LogP contribution in [0.1, 0.15) is 88.7 Å². The summed E-state index contributed by atoms with van der Waals surface area (Å²) < 4.78 is 1.73. The predicted octanol–water partition coefficient (Wildman–Crippen LogP) is 6.66. The van der Waals surface area contributed by atoms with Crippen molar-refractivity contribution in [2.24, 2.45) is 0 Å². The van der Waals surface area contributed by atoms with Gasteiger partial charge in [0.25, 0.3) is 5.56 Å². The predicted molar refractivity (Wildman–Crippen MR) is 141 cm³/mol. The fraction of sp³-hybridized carbons (Fsp3) is 0.483. The molecule has 1 heterocycles. The van der Waals surface area contributed by atoms with Gasteiger partial charge in [-0.05, 0) is 57.4 Å². The Morgan fingerprint density at radius 1 is 1.00 bits per heavy atom. The van der Waals surface area contributed by atoms with E-state index in [1.807, 2.05) is 62.1 Å². The van der Waals surface area contributed by atoms with E-state index in [1.165, 1.54) is 0 Å². The van der Waals surface area contributed by atoms with Crippen LogP contribution in [0.2, 0.25) is 0 Å². The molecule has 5 nitrogen and oxygen atoms in total. The van der Waals surface area contributed by atoms with Gasteiger partial charge < -0.3 is 4.90 Å². The molecule has 1 atom stereocenters. The van der Waals surface area contributed by atoms with E-state index in [4.69, 9.17) is 4.98 Å². The van der Waals surface area contributed by atoms with Crippen molar-refractivity contribution in [1.29, 1.82) is 0 Å². The number of rotatable bonds is 11. The standard InChI is InChI=1S/C29H39N3O2/c1-6-8-10-16-27(33)31(19-13-9-7-2)23(5)28-30-25-15-12-11-14-24(25)29(34)32(28)26-18-17-21(3)20-22(26)4/h11-12,14-15,17-18,20,23H,6-10,13,16,19H2,1-5H3. The van der Waals surface area contributed by atoms with Crippen molar-refractivity contribution in [3.05, 3.63) is 69.8 Å². The first kappa shape index (κ1) is 25.7. The molecule has 0 saturated heterocycles. The molecule has 0 fully saturated rings. The fourth-order valence-corrected chi connectivity index (χ4v) is 4.59. The van der Waals surface area contributed by atoms with Gasteiger partial charge in [-0.1, -0.05) is 69.4 Å². The van der Waals surface area contributed by atoms with Gasteiger partial charge in [0.05, 0.1) is 22.6 Å². The highest BCUT2D eigenvalue weighted by Gasteiger charge is 2.26. The van der Waals surface area contributed by atoms with Gasteiger partial charge in [0.15, 0.2) is 0 Å². The van der Waals surface area contributed by atoms with Crippen molar-refractivity contribution in [1.82, 2.24) is 14.5 Å². The summed E-state index contributed by atoms with van der Waals surface area (Å²) in [5.41, 5.74) is 3.56. The molecule has 0 aliphatic carbocycles. The topological polar surface area (TPSA) is 55.2 Å². The van der Waals surface area contributed by atoms with Crippen molar-refractivity contribution < 1.29 is 4.79 Å². The van der Waals surface area contributed by atoms with Crippen LogP contribution in [0, 0.1) is 13.8 Å². The van der Waals surface area contributed by atoms with E-state index < -0.39 is 0 Å². The molecule has 3 rings (SSSR count). The van der Waals surface area contributed by atoms with Crippen LogP contribution < -0.4 is 5.56 Å². The van der Waals surface area contributed by atoms with Gasteiger partial charge in [-0.2, -0.15) is 0 Å². The minimum atomic E-state index is -0.316. The Morgan fingerprint density at radius 2 is 1.71 bits per heavy atom. The summed E-state index contributed by atoms with van der Waals surface area (Å²) in [7, 11) is 0. The number of fused-ring (bicyclic) bond motifs is 1. The van der Waals surface area contributed by atoms with Crippen LogP contribution in [0.5, 0.6) is 0 Å². The molecule has 182 valence electrons. The van der Waals surface area contributed by atoms with Crippen LogP contribution in [-0.4, -0.2) is 26.9 Å². The normalized spacial score (nSPS) is 12.1. The van der Waals surface area contributed by atoms with E-state index >= 15 is 0 Å². The van der Waals surface area contributed by atoms with Crippen molar-refractivity contribution >= 4 is 16.8 Å². The van der Waals surface area contributed by atoms with Crippen molar-refractivity contribution in [3.63, 3.8) is 0 Å². The lowest BCUT2D eigenvalue weighted by Gasteiger charge is -2.31. The lowest BCUT2D eigenvalue weighted by atomic mass is 10.1. The minimum absolute atomic E-state index is 0.0913. The third-order valence-electron chi connectivity index (χ3n) is 6.55. The summed E-state index contributed by atoms with van der Waals surface area (Å²) in [5, 5.41) is 0.588. The SMILES string of the molecule is CCCCCC(=O)N(CCCCC)C(C)c1nc2ccccc2c(=O)n1-c1ccc(C)cc1C. The Bertz CT molecular complexity index is 1180. The number of para-hydroxylation sites is 1. The molecule has 0 N–H and O–H groups in total. The Morgan fingerprint density at radius 3 is 2.41 bits per heavy atom. The number of nitrogens with zero attached hydrogens (tertiary/aromatic N) is 3. The molecule has 0 radical (unpaired) electrons. The molecule has 0 aliphatic heterocycles. The molecule has 0 spiro atoms. The maximum absolute atomic E-state index is 13.8. The van der Waals surface area contributed by atoms with Gasteiger partial charge in [0, 0.05) is 13.0 Å². The summed E-state index contributed by atoms with van der Waals surface area (Å²) in [5.74, 6) is 0.766. The zero-order valence-corrected chi connectivity index (χ0v) is 21.4. The fourth-order valence-electron chi connectivity index (χ4n) is 4.59. The first-order valence-electron chi connectivity index (χ1n) is 12.8. The molecule has 0 bridgehead atoms. The van der Waals surface area contributed by atoms with E-state index in [1.54, 1.807) is 4.57 Å². The Hall–Kier alpha value is -2.95.